The van der Waals surface area contributed by atoms with Gasteiger partial charge in [-0.05, 0) is 55.5 Å². The van der Waals surface area contributed by atoms with Crippen LogP contribution in [0.1, 0.15) is 37.3 Å². The third-order valence-electron chi connectivity index (χ3n) is 4.73. The van der Waals surface area contributed by atoms with Gasteiger partial charge in [0.15, 0.2) is 0 Å². The van der Waals surface area contributed by atoms with E-state index < -0.39 is 6.04 Å². The molecule has 26 heavy (non-hydrogen) atoms. The Morgan fingerprint density at radius 2 is 1.50 bits per heavy atom. The number of benzene rings is 2. The fraction of sp³-hybridized carbons (Fsp3) is 0.333. The van der Waals surface area contributed by atoms with E-state index >= 15 is 0 Å². The van der Waals surface area contributed by atoms with Crippen LogP contribution in [-0.2, 0) is 9.59 Å². The molecule has 3 N–H and O–H groups in total. The van der Waals surface area contributed by atoms with Crippen molar-refractivity contribution in [3.05, 3.63) is 60.2 Å². The Kier molecular flexibility index (Phi) is 4.61. The second kappa shape index (κ2) is 7.20. The van der Waals surface area contributed by atoms with Crippen LogP contribution in [0.5, 0.6) is 0 Å². The molecule has 0 saturated heterocycles. The minimum atomic E-state index is -0.441. The van der Waals surface area contributed by atoms with Gasteiger partial charge in [-0.2, -0.15) is 0 Å². The number of anilines is 2. The summed E-state index contributed by atoms with van der Waals surface area (Å²) in [5.41, 5.74) is 2.55. The summed E-state index contributed by atoms with van der Waals surface area (Å²) in [6, 6.07) is 17.1. The Morgan fingerprint density at radius 1 is 0.846 bits per heavy atom. The van der Waals surface area contributed by atoms with Crippen molar-refractivity contribution in [1.82, 2.24) is 5.32 Å². The molecule has 0 spiro atoms. The van der Waals surface area contributed by atoms with Gasteiger partial charge < -0.3 is 16.0 Å². The lowest BCUT2D eigenvalue weighted by Gasteiger charge is -2.20. The zero-order valence-corrected chi connectivity index (χ0v) is 14.6. The van der Waals surface area contributed by atoms with Crippen LogP contribution in [0.4, 0.5) is 11.4 Å². The molecule has 2 aromatic carbocycles. The first-order valence-electron chi connectivity index (χ1n) is 9.22. The number of rotatable bonds is 7. The number of hydrogen-bond donors (Lipinski definition) is 3. The molecule has 2 aliphatic rings. The van der Waals surface area contributed by atoms with E-state index in [1.807, 2.05) is 54.6 Å². The first kappa shape index (κ1) is 16.6. The summed E-state index contributed by atoms with van der Waals surface area (Å²) in [5, 5.41) is 9.32. The van der Waals surface area contributed by atoms with Crippen LogP contribution in [0.3, 0.4) is 0 Å². The molecular formula is C21H23N3O2. The summed E-state index contributed by atoms with van der Waals surface area (Å²) in [4.78, 5) is 24.5. The topological polar surface area (TPSA) is 70.2 Å². The molecule has 5 heteroatoms. The third-order valence-corrected chi connectivity index (χ3v) is 4.73. The minimum Gasteiger partial charge on any atom is -0.370 e. The zero-order chi connectivity index (χ0) is 17.9. The molecule has 4 rings (SSSR count). The monoisotopic (exact) mass is 349 g/mol. The predicted molar refractivity (Wildman–Crippen MR) is 102 cm³/mol. The Hall–Kier alpha value is -2.82. The summed E-state index contributed by atoms with van der Waals surface area (Å²) >= 11 is 0. The highest BCUT2D eigenvalue weighted by molar-refractivity contribution is 5.94. The van der Waals surface area contributed by atoms with Gasteiger partial charge >= 0.3 is 0 Å². The molecule has 0 bridgehead atoms. The van der Waals surface area contributed by atoms with E-state index in [-0.39, 0.29) is 17.7 Å². The average Bonchev–Trinajstić information content (AvgIpc) is 3.55. The van der Waals surface area contributed by atoms with Crippen LogP contribution < -0.4 is 16.0 Å². The van der Waals surface area contributed by atoms with Gasteiger partial charge in [-0.3, -0.25) is 9.59 Å². The average molecular weight is 349 g/mol. The smallest absolute Gasteiger partial charge is 0.247 e. The quantitative estimate of drug-likeness (QED) is 0.717. The molecule has 0 heterocycles. The van der Waals surface area contributed by atoms with Crippen molar-refractivity contribution in [2.45, 2.75) is 37.8 Å². The van der Waals surface area contributed by atoms with E-state index in [0.29, 0.717) is 6.04 Å². The Balaban J connectivity index is 1.45. The lowest BCUT2D eigenvalue weighted by Crippen LogP contribution is -2.34. The highest BCUT2D eigenvalue weighted by Crippen LogP contribution is 2.30. The molecule has 2 amide bonds. The maximum absolute atomic E-state index is 12.7. The van der Waals surface area contributed by atoms with Crippen molar-refractivity contribution in [3.8, 4) is 0 Å². The van der Waals surface area contributed by atoms with Crippen LogP contribution in [0.2, 0.25) is 0 Å². The molecule has 134 valence electrons. The van der Waals surface area contributed by atoms with E-state index in [1.165, 1.54) is 0 Å². The fourth-order valence-corrected chi connectivity index (χ4v) is 2.86. The van der Waals surface area contributed by atoms with Gasteiger partial charge in [0.25, 0.3) is 0 Å². The number of nitrogens with one attached hydrogen (secondary N) is 3. The van der Waals surface area contributed by atoms with E-state index in [1.54, 1.807) is 0 Å². The lowest BCUT2D eigenvalue weighted by molar-refractivity contribution is -0.122. The maximum atomic E-state index is 12.7. The molecular weight excluding hydrogens is 326 g/mol. The van der Waals surface area contributed by atoms with Crippen LogP contribution in [0.15, 0.2) is 54.6 Å². The molecule has 2 aromatic rings. The molecule has 2 fully saturated rings. The van der Waals surface area contributed by atoms with Crippen molar-refractivity contribution in [2.75, 3.05) is 10.6 Å². The van der Waals surface area contributed by atoms with Crippen molar-refractivity contribution in [1.29, 1.82) is 0 Å². The van der Waals surface area contributed by atoms with Crippen molar-refractivity contribution in [2.24, 2.45) is 5.92 Å². The second-order valence-corrected chi connectivity index (χ2v) is 7.11. The number of amides is 2. The summed E-state index contributed by atoms with van der Waals surface area (Å²) in [6.07, 6.45) is 4.09. The molecule has 0 aliphatic heterocycles. The number of hydrogen-bond acceptors (Lipinski definition) is 3. The third kappa shape index (κ3) is 4.23. The van der Waals surface area contributed by atoms with Gasteiger partial charge in [-0.1, -0.05) is 30.3 Å². The van der Waals surface area contributed by atoms with E-state index in [4.69, 9.17) is 0 Å². The summed E-state index contributed by atoms with van der Waals surface area (Å²) in [6.45, 7) is 0. The predicted octanol–water partition coefficient (Wildman–Crippen LogP) is 3.47. The second-order valence-electron chi connectivity index (χ2n) is 7.11. The Bertz CT molecular complexity index is 781. The van der Waals surface area contributed by atoms with Gasteiger partial charge in [0.1, 0.15) is 6.04 Å². The molecule has 0 radical (unpaired) electrons. The first-order chi connectivity index (χ1) is 12.7. The first-order valence-corrected chi connectivity index (χ1v) is 9.22. The van der Waals surface area contributed by atoms with Crippen molar-refractivity contribution < 1.29 is 9.59 Å². The van der Waals surface area contributed by atoms with E-state index in [9.17, 15) is 9.59 Å². The molecule has 2 aliphatic carbocycles. The molecule has 5 nitrogen and oxygen atoms in total. The Morgan fingerprint density at radius 3 is 2.12 bits per heavy atom. The summed E-state index contributed by atoms with van der Waals surface area (Å²) in [5.74, 6) is 0.267. The van der Waals surface area contributed by atoms with E-state index in [2.05, 4.69) is 16.0 Å². The molecule has 1 unspecified atom stereocenters. The van der Waals surface area contributed by atoms with Gasteiger partial charge in [-0.15, -0.1) is 0 Å². The lowest BCUT2D eigenvalue weighted by atomic mass is 10.1. The molecule has 0 aromatic heterocycles. The SMILES string of the molecule is O=C(Nc1ccc(NC(C(=O)NC2CC2)c2ccccc2)cc1)C1CC1. The largest absolute Gasteiger partial charge is 0.370 e. The molecule has 2 saturated carbocycles. The van der Waals surface area contributed by atoms with Crippen molar-refractivity contribution in [3.63, 3.8) is 0 Å². The van der Waals surface area contributed by atoms with Gasteiger partial charge in [-0.25, -0.2) is 0 Å². The fourth-order valence-electron chi connectivity index (χ4n) is 2.86. The standard InChI is InChI=1S/C21H23N3O2/c25-20(15-6-7-15)23-17-10-8-16(9-11-17)22-19(14-4-2-1-3-5-14)21(26)24-18-12-13-18/h1-5,8-11,15,18-19,22H,6-7,12-13H2,(H,23,25)(H,24,26). The van der Waals surface area contributed by atoms with Crippen LogP contribution >= 0.6 is 0 Å². The maximum Gasteiger partial charge on any atom is 0.247 e. The van der Waals surface area contributed by atoms with Gasteiger partial charge in [0.2, 0.25) is 11.8 Å². The van der Waals surface area contributed by atoms with Gasteiger partial charge in [0, 0.05) is 23.3 Å². The van der Waals surface area contributed by atoms with Crippen LogP contribution in [0.25, 0.3) is 0 Å². The highest BCUT2D eigenvalue weighted by atomic mass is 16.2. The van der Waals surface area contributed by atoms with Crippen molar-refractivity contribution >= 4 is 23.2 Å². The minimum absolute atomic E-state index is 0.00943. The number of carbonyl (C=O) groups is 2. The van der Waals surface area contributed by atoms with Gasteiger partial charge in [0.05, 0.1) is 0 Å². The highest BCUT2D eigenvalue weighted by Gasteiger charge is 2.30. The molecule has 1 atom stereocenters. The van der Waals surface area contributed by atoms with Crippen LogP contribution in [-0.4, -0.2) is 17.9 Å². The number of carbonyl (C=O) groups excluding carboxylic acids is 2. The Labute approximate surface area is 153 Å². The summed E-state index contributed by atoms with van der Waals surface area (Å²) in [7, 11) is 0. The van der Waals surface area contributed by atoms with Crippen LogP contribution in [0, 0.1) is 5.92 Å². The summed E-state index contributed by atoms with van der Waals surface area (Å²) < 4.78 is 0. The zero-order valence-electron chi connectivity index (χ0n) is 14.6. The normalized spacial score (nSPS) is 17.2. The van der Waals surface area contributed by atoms with E-state index in [0.717, 1.165) is 42.6 Å².